The summed E-state index contributed by atoms with van der Waals surface area (Å²) in [7, 11) is 2.80. The summed E-state index contributed by atoms with van der Waals surface area (Å²) in [5, 5.41) is 13.4. The van der Waals surface area contributed by atoms with E-state index in [0.717, 1.165) is 0 Å². The molecular formula is C20H22N2O8. The number of ether oxygens (including phenoxy) is 4. The van der Waals surface area contributed by atoms with Gasteiger partial charge in [-0.05, 0) is 38.1 Å². The number of nitro groups is 1. The Labute approximate surface area is 172 Å². The third kappa shape index (κ3) is 5.37. The first-order valence-electron chi connectivity index (χ1n) is 8.95. The SMILES string of the molecule is CCOc1cc(C(=O)OC(C)C(=O)Nc2ccc([N+](=O)[O-])cc2OC)ccc1OC. The van der Waals surface area contributed by atoms with Gasteiger partial charge < -0.3 is 24.3 Å². The number of rotatable bonds is 9. The molecule has 10 nitrogen and oxygen atoms in total. The molecule has 1 amide bonds. The van der Waals surface area contributed by atoms with Gasteiger partial charge in [-0.1, -0.05) is 0 Å². The van der Waals surface area contributed by atoms with E-state index in [4.69, 9.17) is 18.9 Å². The largest absolute Gasteiger partial charge is 0.494 e. The van der Waals surface area contributed by atoms with Crippen LogP contribution in [0.1, 0.15) is 24.2 Å². The number of nitrogens with one attached hydrogen (secondary N) is 1. The number of carbonyl (C=O) groups is 2. The van der Waals surface area contributed by atoms with Crippen LogP contribution in [0.3, 0.4) is 0 Å². The maximum atomic E-state index is 12.4. The van der Waals surface area contributed by atoms with E-state index in [0.29, 0.717) is 18.1 Å². The summed E-state index contributed by atoms with van der Waals surface area (Å²) in [5.41, 5.74) is 0.208. The van der Waals surface area contributed by atoms with Crippen molar-refractivity contribution in [2.24, 2.45) is 0 Å². The monoisotopic (exact) mass is 418 g/mol. The quantitative estimate of drug-likeness (QED) is 0.374. The molecule has 0 radical (unpaired) electrons. The number of non-ortho nitro benzene ring substituents is 1. The number of nitrogens with zero attached hydrogens (tertiary/aromatic N) is 1. The fourth-order valence-corrected chi connectivity index (χ4v) is 2.49. The number of hydrogen-bond acceptors (Lipinski definition) is 8. The van der Waals surface area contributed by atoms with E-state index in [1.165, 1.54) is 51.5 Å². The zero-order valence-electron chi connectivity index (χ0n) is 17.0. The molecule has 30 heavy (non-hydrogen) atoms. The number of amides is 1. The molecule has 1 N–H and O–H groups in total. The van der Waals surface area contributed by atoms with Crippen LogP contribution in [0.2, 0.25) is 0 Å². The zero-order valence-corrected chi connectivity index (χ0v) is 17.0. The van der Waals surface area contributed by atoms with Crippen molar-refractivity contribution in [1.29, 1.82) is 0 Å². The number of methoxy groups -OCH3 is 2. The first-order valence-corrected chi connectivity index (χ1v) is 8.95. The summed E-state index contributed by atoms with van der Waals surface area (Å²) in [6.45, 7) is 3.58. The number of hydrogen-bond donors (Lipinski definition) is 1. The van der Waals surface area contributed by atoms with Crippen molar-refractivity contribution < 1.29 is 33.5 Å². The van der Waals surface area contributed by atoms with Gasteiger partial charge in [0.2, 0.25) is 0 Å². The van der Waals surface area contributed by atoms with Crippen molar-refractivity contribution in [3.05, 3.63) is 52.1 Å². The van der Waals surface area contributed by atoms with Crippen LogP contribution in [0.25, 0.3) is 0 Å². The third-order valence-electron chi connectivity index (χ3n) is 4.01. The molecule has 160 valence electrons. The smallest absolute Gasteiger partial charge is 0.339 e. The molecule has 1 atom stereocenters. The second kappa shape index (κ2) is 10.1. The third-order valence-corrected chi connectivity index (χ3v) is 4.01. The summed E-state index contributed by atoms with van der Waals surface area (Å²) in [4.78, 5) is 35.1. The average Bonchev–Trinajstić information content (AvgIpc) is 2.73. The lowest BCUT2D eigenvalue weighted by molar-refractivity contribution is -0.384. The van der Waals surface area contributed by atoms with Crippen molar-refractivity contribution in [2.75, 3.05) is 26.1 Å². The number of esters is 1. The Bertz CT molecular complexity index is 944. The van der Waals surface area contributed by atoms with Crippen molar-refractivity contribution in [2.45, 2.75) is 20.0 Å². The lowest BCUT2D eigenvalue weighted by atomic mass is 10.2. The Balaban J connectivity index is 2.09. The van der Waals surface area contributed by atoms with Crippen LogP contribution in [0.4, 0.5) is 11.4 Å². The minimum Gasteiger partial charge on any atom is -0.494 e. The van der Waals surface area contributed by atoms with Gasteiger partial charge in [-0.15, -0.1) is 0 Å². The lowest BCUT2D eigenvalue weighted by Gasteiger charge is -2.16. The second-order valence-electron chi connectivity index (χ2n) is 5.98. The van der Waals surface area contributed by atoms with Crippen LogP contribution in [0.15, 0.2) is 36.4 Å². The normalized spacial score (nSPS) is 11.2. The van der Waals surface area contributed by atoms with E-state index in [-0.39, 0.29) is 22.7 Å². The van der Waals surface area contributed by atoms with E-state index in [9.17, 15) is 19.7 Å². The summed E-state index contributed by atoms with van der Waals surface area (Å²) >= 11 is 0. The summed E-state index contributed by atoms with van der Waals surface area (Å²) in [6.07, 6.45) is -1.14. The number of carbonyl (C=O) groups excluding carboxylic acids is 2. The predicted octanol–water partition coefficient (Wildman–Crippen LogP) is 3.19. The van der Waals surface area contributed by atoms with E-state index in [1.54, 1.807) is 13.0 Å². The predicted molar refractivity (Wildman–Crippen MR) is 107 cm³/mol. The van der Waals surface area contributed by atoms with Crippen molar-refractivity contribution >= 4 is 23.3 Å². The zero-order chi connectivity index (χ0) is 22.3. The molecule has 2 aromatic carbocycles. The van der Waals surface area contributed by atoms with Crippen LogP contribution in [0.5, 0.6) is 17.2 Å². The minimum absolute atomic E-state index is 0.104. The van der Waals surface area contributed by atoms with Crippen LogP contribution in [0, 0.1) is 10.1 Å². The van der Waals surface area contributed by atoms with Crippen molar-refractivity contribution in [3.8, 4) is 17.2 Å². The van der Waals surface area contributed by atoms with Crippen LogP contribution >= 0.6 is 0 Å². The Morgan fingerprint density at radius 1 is 1.07 bits per heavy atom. The Morgan fingerprint density at radius 2 is 1.77 bits per heavy atom. The molecule has 2 rings (SSSR count). The van der Waals surface area contributed by atoms with Crippen molar-refractivity contribution in [1.82, 2.24) is 0 Å². The van der Waals surface area contributed by atoms with E-state index in [2.05, 4.69) is 5.32 Å². The highest BCUT2D eigenvalue weighted by Gasteiger charge is 2.22. The first kappa shape index (κ1) is 22.5. The van der Waals surface area contributed by atoms with Gasteiger partial charge in [0.15, 0.2) is 17.6 Å². The molecule has 0 aliphatic heterocycles. The van der Waals surface area contributed by atoms with Crippen molar-refractivity contribution in [3.63, 3.8) is 0 Å². The Morgan fingerprint density at radius 3 is 2.37 bits per heavy atom. The van der Waals surface area contributed by atoms with Gasteiger partial charge >= 0.3 is 5.97 Å². The Kier molecular flexibility index (Phi) is 7.56. The first-order chi connectivity index (χ1) is 14.3. The summed E-state index contributed by atoms with van der Waals surface area (Å²) in [6, 6.07) is 8.26. The van der Waals surface area contributed by atoms with E-state index >= 15 is 0 Å². The highest BCUT2D eigenvalue weighted by Crippen LogP contribution is 2.30. The fourth-order valence-electron chi connectivity index (χ4n) is 2.49. The molecule has 2 aromatic rings. The van der Waals surface area contributed by atoms with Crippen LogP contribution in [-0.2, 0) is 9.53 Å². The molecular weight excluding hydrogens is 396 g/mol. The van der Waals surface area contributed by atoms with Gasteiger partial charge in [-0.2, -0.15) is 0 Å². The van der Waals surface area contributed by atoms with Gasteiger partial charge in [-0.25, -0.2) is 4.79 Å². The summed E-state index contributed by atoms with van der Waals surface area (Å²) in [5.74, 6) is -0.412. The minimum atomic E-state index is -1.14. The van der Waals surface area contributed by atoms with Gasteiger partial charge in [0, 0.05) is 6.07 Å². The number of nitro benzene ring substituents is 1. The van der Waals surface area contributed by atoms with Crippen LogP contribution in [-0.4, -0.2) is 43.7 Å². The highest BCUT2D eigenvalue weighted by molar-refractivity contribution is 5.98. The maximum Gasteiger partial charge on any atom is 0.339 e. The number of anilines is 1. The molecule has 1 unspecified atom stereocenters. The summed E-state index contributed by atoms with van der Waals surface area (Å²) < 4.78 is 20.9. The molecule has 0 saturated heterocycles. The highest BCUT2D eigenvalue weighted by atomic mass is 16.6. The molecule has 0 aromatic heterocycles. The molecule has 0 aliphatic rings. The molecule has 0 spiro atoms. The molecule has 0 bridgehead atoms. The molecule has 0 aliphatic carbocycles. The van der Waals surface area contributed by atoms with Gasteiger partial charge in [0.25, 0.3) is 11.6 Å². The fraction of sp³-hybridized carbons (Fsp3) is 0.300. The second-order valence-corrected chi connectivity index (χ2v) is 5.98. The Hall–Kier alpha value is -3.82. The topological polar surface area (TPSA) is 126 Å². The van der Waals surface area contributed by atoms with Gasteiger partial charge in [0.1, 0.15) is 5.75 Å². The lowest BCUT2D eigenvalue weighted by Crippen LogP contribution is -2.30. The molecule has 0 saturated carbocycles. The van der Waals surface area contributed by atoms with E-state index in [1.807, 2.05) is 0 Å². The van der Waals surface area contributed by atoms with Crippen LogP contribution < -0.4 is 19.5 Å². The maximum absolute atomic E-state index is 12.4. The van der Waals surface area contributed by atoms with Gasteiger partial charge in [-0.3, -0.25) is 14.9 Å². The number of benzene rings is 2. The standard InChI is InChI=1S/C20H22N2O8/c1-5-29-18-10-13(6-9-16(18)27-3)20(24)30-12(2)19(23)21-15-8-7-14(22(25)26)11-17(15)28-4/h6-12H,5H2,1-4H3,(H,21,23). The molecule has 0 heterocycles. The van der Waals surface area contributed by atoms with Gasteiger partial charge in [0.05, 0.1) is 43.1 Å². The van der Waals surface area contributed by atoms with E-state index < -0.39 is 22.9 Å². The molecule has 0 fully saturated rings. The molecule has 10 heteroatoms. The average molecular weight is 418 g/mol.